The van der Waals surface area contributed by atoms with Crippen LogP contribution in [-0.2, 0) is 16.2 Å². The molecule has 3 nitrogen and oxygen atoms in total. The first-order chi connectivity index (χ1) is 6.70. The summed E-state index contributed by atoms with van der Waals surface area (Å²) in [5, 5.41) is -0.496. The fourth-order valence-electron chi connectivity index (χ4n) is 1.16. The monoisotopic (exact) mass is 238 g/mol. The third-order valence-electron chi connectivity index (χ3n) is 1.65. The number of aromatic nitrogens is 1. The van der Waals surface area contributed by atoms with Crippen molar-refractivity contribution in [2.45, 2.75) is 11.3 Å². The van der Waals surface area contributed by atoms with E-state index in [-0.39, 0.29) is 5.56 Å². The highest BCUT2D eigenvalue weighted by Gasteiger charge is 2.26. The topological polar surface area (TPSA) is 47.0 Å². The average molecular weight is 238 g/mol. The molecule has 0 spiro atoms. The number of pyridine rings is 1. The Morgan fingerprint density at radius 1 is 1.40 bits per heavy atom. The average Bonchev–Trinajstić information content (AvgIpc) is 1.99. The van der Waals surface area contributed by atoms with E-state index in [9.17, 15) is 21.4 Å². The first-order valence-electron chi connectivity index (χ1n) is 4.05. The summed E-state index contributed by atoms with van der Waals surface area (Å²) < 4.78 is 58.7. The molecule has 1 aromatic heterocycles. The molecule has 0 aliphatic rings. The van der Waals surface area contributed by atoms with E-state index in [0.717, 1.165) is 18.5 Å². The molecule has 0 aromatic carbocycles. The number of halogens is 3. The smallest absolute Gasteiger partial charge is 0.449 e. The number of nitrogens with zero attached hydrogens (tertiary/aromatic N) is 1. The minimum atomic E-state index is -5.06. The Morgan fingerprint density at radius 2 is 2.00 bits per heavy atom. The fourth-order valence-corrected chi connectivity index (χ4v) is 2.04. The van der Waals surface area contributed by atoms with Gasteiger partial charge in [0.05, 0.1) is 0 Å². The van der Waals surface area contributed by atoms with Gasteiger partial charge in [-0.3, -0.25) is 0 Å². The molecule has 0 bridgehead atoms. The molecule has 0 aliphatic carbocycles. The van der Waals surface area contributed by atoms with Crippen LogP contribution in [0.1, 0.15) is 5.56 Å². The molecule has 0 N–H and O–H groups in total. The van der Waals surface area contributed by atoms with Crippen LogP contribution in [0.3, 0.4) is 0 Å². The zero-order valence-electron chi connectivity index (χ0n) is 7.82. The van der Waals surface area contributed by atoms with Crippen molar-refractivity contribution in [1.82, 2.24) is 4.98 Å². The van der Waals surface area contributed by atoms with Gasteiger partial charge in [-0.1, -0.05) is 12.4 Å². The lowest BCUT2D eigenvalue weighted by atomic mass is 9.82. The molecule has 15 heavy (non-hydrogen) atoms. The molecule has 8 heteroatoms. The van der Waals surface area contributed by atoms with Crippen LogP contribution in [0.5, 0.6) is 0 Å². The highest BCUT2D eigenvalue weighted by molar-refractivity contribution is 7.90. The van der Waals surface area contributed by atoms with Crippen molar-refractivity contribution in [3.05, 3.63) is 23.9 Å². The summed E-state index contributed by atoms with van der Waals surface area (Å²) in [5.74, 6) is 0. The summed E-state index contributed by atoms with van der Waals surface area (Å²) in [4.78, 5) is 3.46. The largest absolute Gasteiger partial charge is 0.482 e. The first kappa shape index (κ1) is 12.0. The van der Waals surface area contributed by atoms with Crippen LogP contribution in [-0.4, -0.2) is 26.6 Å². The van der Waals surface area contributed by atoms with Crippen LogP contribution in [0.25, 0.3) is 0 Å². The second-order valence-corrected chi connectivity index (χ2v) is 5.09. The van der Waals surface area contributed by atoms with E-state index in [1.807, 2.05) is 0 Å². The Morgan fingerprint density at radius 3 is 2.47 bits per heavy atom. The molecular formula is C7H8BF3NO2S-. The van der Waals surface area contributed by atoms with Gasteiger partial charge in [0, 0.05) is 12.5 Å². The molecule has 84 valence electrons. The van der Waals surface area contributed by atoms with Crippen molar-refractivity contribution >= 4 is 16.8 Å². The van der Waals surface area contributed by atoms with E-state index < -0.39 is 28.2 Å². The molecule has 0 fully saturated rings. The first-order valence-corrected chi connectivity index (χ1v) is 5.94. The molecule has 0 radical (unpaired) electrons. The number of hydrogen-bond donors (Lipinski definition) is 0. The van der Waals surface area contributed by atoms with Crippen LogP contribution in [0, 0.1) is 0 Å². The molecule has 0 saturated heterocycles. The van der Waals surface area contributed by atoms with Crippen molar-refractivity contribution in [3.8, 4) is 0 Å². The Balaban J connectivity index is 3.20. The van der Waals surface area contributed by atoms with E-state index in [2.05, 4.69) is 4.98 Å². The molecule has 0 aliphatic heterocycles. The third-order valence-corrected chi connectivity index (χ3v) is 2.72. The van der Waals surface area contributed by atoms with Crippen molar-refractivity contribution in [2.24, 2.45) is 0 Å². The van der Waals surface area contributed by atoms with Crippen molar-refractivity contribution in [3.63, 3.8) is 0 Å². The summed E-state index contributed by atoms with van der Waals surface area (Å²) in [6, 6.07) is 2.41. The Hall–Kier alpha value is -1.05. The zero-order chi connectivity index (χ0) is 11.7. The van der Waals surface area contributed by atoms with Gasteiger partial charge in [-0.05, 0) is 11.6 Å². The Labute approximate surface area is 85.3 Å². The summed E-state index contributed by atoms with van der Waals surface area (Å²) in [7, 11) is -3.71. The van der Waals surface area contributed by atoms with Crippen LogP contribution >= 0.6 is 0 Å². The highest BCUT2D eigenvalue weighted by atomic mass is 32.2. The van der Waals surface area contributed by atoms with Crippen molar-refractivity contribution in [2.75, 3.05) is 6.26 Å². The fraction of sp³-hybridized carbons (Fsp3) is 0.286. The van der Waals surface area contributed by atoms with E-state index in [1.165, 1.54) is 6.07 Å². The lowest BCUT2D eigenvalue weighted by Gasteiger charge is -2.14. The minimum Gasteiger partial charge on any atom is -0.449 e. The molecule has 1 rings (SSSR count). The molecule has 1 aromatic rings. The second kappa shape index (κ2) is 3.84. The predicted octanol–water partition coefficient (Wildman–Crippen LogP) is 1.41. The maximum atomic E-state index is 12.1. The molecule has 0 unspecified atom stereocenters. The standard InChI is InChI=1S/C7H8BF3NO2S/c1-15(13,14)7-6(3-2-4-12-7)5-8(9,10)11/h2-4H,5H2,1H3/q-1. The van der Waals surface area contributed by atoms with E-state index >= 15 is 0 Å². The third kappa shape index (κ3) is 3.54. The van der Waals surface area contributed by atoms with Gasteiger partial charge in [0.25, 0.3) is 0 Å². The number of sulfone groups is 1. The number of rotatable bonds is 3. The number of hydrogen-bond acceptors (Lipinski definition) is 3. The maximum Gasteiger partial charge on any atom is 0.482 e. The van der Waals surface area contributed by atoms with Crippen LogP contribution < -0.4 is 0 Å². The highest BCUT2D eigenvalue weighted by Crippen LogP contribution is 2.20. The van der Waals surface area contributed by atoms with E-state index in [4.69, 9.17) is 0 Å². The van der Waals surface area contributed by atoms with Gasteiger partial charge in [0.15, 0.2) is 14.9 Å². The maximum absolute atomic E-state index is 12.1. The zero-order valence-corrected chi connectivity index (χ0v) is 8.64. The van der Waals surface area contributed by atoms with Crippen molar-refractivity contribution in [1.29, 1.82) is 0 Å². The summed E-state index contributed by atoms with van der Waals surface area (Å²) in [6.07, 6.45) is 0.766. The van der Waals surface area contributed by atoms with Gasteiger partial charge in [-0.25, -0.2) is 13.4 Å². The lowest BCUT2D eigenvalue weighted by molar-refractivity contribution is 0.467. The lowest BCUT2D eigenvalue weighted by Crippen LogP contribution is -2.21. The molecular weight excluding hydrogens is 230 g/mol. The van der Waals surface area contributed by atoms with Crippen LogP contribution in [0.15, 0.2) is 23.4 Å². The minimum absolute atomic E-state index is 0.299. The molecule has 0 atom stereocenters. The molecule has 1 heterocycles. The van der Waals surface area contributed by atoms with Crippen LogP contribution in [0.4, 0.5) is 12.9 Å². The normalized spacial score (nSPS) is 12.8. The van der Waals surface area contributed by atoms with Crippen molar-refractivity contribution < 1.29 is 21.4 Å². The predicted molar refractivity (Wildman–Crippen MR) is 50.1 cm³/mol. The summed E-state index contributed by atoms with van der Waals surface area (Å²) in [6.45, 7) is -5.06. The summed E-state index contributed by atoms with van der Waals surface area (Å²) in [5.41, 5.74) is -0.299. The SMILES string of the molecule is CS(=O)(=O)c1ncccc1C[B-](F)(F)F. The van der Waals surface area contributed by atoms with Gasteiger partial charge in [-0.2, -0.15) is 0 Å². The van der Waals surface area contributed by atoms with Gasteiger partial charge < -0.3 is 12.9 Å². The van der Waals surface area contributed by atoms with Gasteiger partial charge in [-0.15, -0.1) is 0 Å². The van der Waals surface area contributed by atoms with Crippen LogP contribution in [0.2, 0.25) is 0 Å². The van der Waals surface area contributed by atoms with Gasteiger partial charge >= 0.3 is 6.98 Å². The Kier molecular flexibility index (Phi) is 3.08. The van der Waals surface area contributed by atoms with Gasteiger partial charge in [0.1, 0.15) is 0 Å². The van der Waals surface area contributed by atoms with E-state index in [1.54, 1.807) is 0 Å². The molecule has 0 saturated carbocycles. The molecule has 0 amide bonds. The quantitative estimate of drug-likeness (QED) is 0.748. The second-order valence-electron chi connectivity index (χ2n) is 3.15. The Bertz CT molecular complexity index is 458. The van der Waals surface area contributed by atoms with E-state index in [0.29, 0.717) is 0 Å². The summed E-state index contributed by atoms with van der Waals surface area (Å²) >= 11 is 0. The van der Waals surface area contributed by atoms with Gasteiger partial charge in [0.2, 0.25) is 0 Å².